The molecule has 1 aromatic carbocycles. The number of hydrogen-bond acceptors (Lipinski definition) is 3. The molecule has 0 spiro atoms. The molecule has 114 valence electrons. The third-order valence-corrected chi connectivity index (χ3v) is 4.55. The molecule has 6 heteroatoms. The zero-order valence-electron chi connectivity index (χ0n) is 12.1. The number of hydrogen-bond donors (Lipinski definition) is 1. The lowest BCUT2D eigenvalue weighted by atomic mass is 9.89. The van der Waals surface area contributed by atoms with E-state index < -0.39 is 33.6 Å². The molecule has 0 saturated carbocycles. The van der Waals surface area contributed by atoms with Crippen LogP contribution in [0.15, 0.2) is 23.1 Å². The quantitative estimate of drug-likeness (QED) is 0.783. The second-order valence-corrected chi connectivity index (χ2v) is 7.02. The molecule has 21 heavy (non-hydrogen) atoms. The highest BCUT2D eigenvalue weighted by molar-refractivity contribution is 7.85. The maximum Gasteiger partial charge on any atom is 0.338 e. The fraction of sp³-hybridized carbons (Fsp3) is 0.467. The van der Waals surface area contributed by atoms with Crippen LogP contribution in [0.5, 0.6) is 0 Å². The molecule has 4 nitrogen and oxygen atoms in total. The van der Waals surface area contributed by atoms with Crippen molar-refractivity contribution in [2.45, 2.75) is 38.0 Å². The summed E-state index contributed by atoms with van der Waals surface area (Å²) in [5.41, 5.74) is -0.861. The second-order valence-electron chi connectivity index (χ2n) is 5.45. The van der Waals surface area contributed by atoms with Gasteiger partial charge in [0.25, 0.3) is 0 Å². The third-order valence-electron chi connectivity index (χ3n) is 3.12. The number of carboxylic acids is 1. The van der Waals surface area contributed by atoms with Crippen molar-refractivity contribution in [1.29, 1.82) is 5.26 Å². The largest absolute Gasteiger partial charge is 0.478 e. The predicted octanol–water partition coefficient (Wildman–Crippen LogP) is 3.35. The molecule has 1 unspecified atom stereocenters. The first-order valence-electron chi connectivity index (χ1n) is 6.59. The van der Waals surface area contributed by atoms with E-state index in [0.717, 1.165) is 18.6 Å². The van der Waals surface area contributed by atoms with Crippen molar-refractivity contribution < 1.29 is 18.5 Å². The molecule has 1 rings (SSSR count). The molecule has 0 fully saturated rings. The molecule has 0 amide bonds. The minimum absolute atomic E-state index is 0.313. The van der Waals surface area contributed by atoms with E-state index >= 15 is 0 Å². The van der Waals surface area contributed by atoms with Gasteiger partial charge >= 0.3 is 5.97 Å². The van der Waals surface area contributed by atoms with Gasteiger partial charge in [-0.3, -0.25) is 4.21 Å². The number of halogens is 1. The fourth-order valence-corrected chi connectivity index (χ4v) is 2.95. The Hall–Kier alpha value is -1.74. The highest BCUT2D eigenvalue weighted by Gasteiger charge is 2.17. The molecule has 1 N–H and O–H groups in total. The van der Waals surface area contributed by atoms with Gasteiger partial charge in [-0.25, -0.2) is 9.18 Å². The zero-order valence-corrected chi connectivity index (χ0v) is 12.9. The Labute approximate surface area is 126 Å². The monoisotopic (exact) mass is 311 g/mol. The van der Waals surface area contributed by atoms with E-state index in [1.807, 2.05) is 13.8 Å². The Balaban J connectivity index is 2.59. The third kappa shape index (κ3) is 5.27. The molecule has 0 radical (unpaired) electrons. The van der Waals surface area contributed by atoms with Gasteiger partial charge in [0.05, 0.1) is 27.8 Å². The molecule has 0 aliphatic heterocycles. The first-order valence-corrected chi connectivity index (χ1v) is 7.91. The first kappa shape index (κ1) is 17.3. The topological polar surface area (TPSA) is 78.2 Å². The summed E-state index contributed by atoms with van der Waals surface area (Å²) in [5, 5.41) is 17.7. The van der Waals surface area contributed by atoms with Gasteiger partial charge in [-0.1, -0.05) is 6.42 Å². The van der Waals surface area contributed by atoms with Gasteiger partial charge in [-0.15, -0.1) is 0 Å². The minimum Gasteiger partial charge on any atom is -0.478 e. The van der Waals surface area contributed by atoms with E-state index in [2.05, 4.69) is 6.07 Å². The lowest BCUT2D eigenvalue weighted by Gasteiger charge is -2.14. The van der Waals surface area contributed by atoms with Gasteiger partial charge in [-0.2, -0.15) is 5.26 Å². The van der Waals surface area contributed by atoms with Crippen LogP contribution in [0, 0.1) is 22.6 Å². The standard InChI is InChI=1S/C15H18FNO3S/c1-15(2,10-17)7-3-4-8-21(20)11-5-6-13(16)12(9-11)14(18)19/h5-6,9H,3-4,7-8H2,1-2H3,(H,18,19). The van der Waals surface area contributed by atoms with Gasteiger partial charge in [0.1, 0.15) is 5.82 Å². The summed E-state index contributed by atoms with van der Waals surface area (Å²) in [4.78, 5) is 11.1. The van der Waals surface area contributed by atoms with Crippen LogP contribution in [-0.2, 0) is 10.8 Å². The van der Waals surface area contributed by atoms with Crippen molar-refractivity contribution in [3.8, 4) is 6.07 Å². The summed E-state index contributed by atoms with van der Waals surface area (Å²) in [5.74, 6) is -1.84. The summed E-state index contributed by atoms with van der Waals surface area (Å²) >= 11 is 0. The molecular weight excluding hydrogens is 293 g/mol. The molecule has 1 atom stereocenters. The Bertz CT molecular complexity index is 593. The van der Waals surface area contributed by atoms with Crippen molar-refractivity contribution in [3.05, 3.63) is 29.6 Å². The van der Waals surface area contributed by atoms with Gasteiger partial charge in [0.15, 0.2) is 0 Å². The van der Waals surface area contributed by atoms with Crippen molar-refractivity contribution in [3.63, 3.8) is 0 Å². The number of unbranched alkanes of at least 4 members (excludes halogenated alkanes) is 1. The summed E-state index contributed by atoms with van der Waals surface area (Å²) < 4.78 is 25.3. The van der Waals surface area contributed by atoms with E-state index in [9.17, 15) is 13.4 Å². The van der Waals surface area contributed by atoms with Crippen LogP contribution >= 0.6 is 0 Å². The Morgan fingerprint density at radius 3 is 2.67 bits per heavy atom. The second kappa shape index (κ2) is 7.32. The Morgan fingerprint density at radius 1 is 1.43 bits per heavy atom. The number of carbonyl (C=O) groups is 1. The number of nitrogens with zero attached hydrogens (tertiary/aromatic N) is 1. The molecule has 0 heterocycles. The predicted molar refractivity (Wildman–Crippen MR) is 77.9 cm³/mol. The summed E-state index contributed by atoms with van der Waals surface area (Å²) in [6.45, 7) is 3.70. The van der Waals surface area contributed by atoms with Crippen LogP contribution in [0.1, 0.15) is 43.5 Å². The minimum atomic E-state index is -1.37. The van der Waals surface area contributed by atoms with Gasteiger partial charge < -0.3 is 5.11 Å². The maximum absolute atomic E-state index is 13.3. The van der Waals surface area contributed by atoms with E-state index in [4.69, 9.17) is 10.4 Å². The van der Waals surface area contributed by atoms with E-state index in [1.54, 1.807) is 0 Å². The lowest BCUT2D eigenvalue weighted by molar-refractivity contribution is 0.0691. The van der Waals surface area contributed by atoms with E-state index in [0.29, 0.717) is 23.5 Å². The molecule has 0 saturated heterocycles. The molecule has 0 aromatic heterocycles. The molecular formula is C15H18FNO3S. The van der Waals surface area contributed by atoms with Crippen LogP contribution < -0.4 is 0 Å². The maximum atomic E-state index is 13.3. The highest BCUT2D eigenvalue weighted by Crippen LogP contribution is 2.22. The number of benzene rings is 1. The van der Waals surface area contributed by atoms with E-state index in [-0.39, 0.29) is 0 Å². The number of carboxylic acid groups (broad SMARTS) is 1. The van der Waals surface area contributed by atoms with Crippen LogP contribution in [0.2, 0.25) is 0 Å². The van der Waals surface area contributed by atoms with Crippen molar-refractivity contribution in [2.75, 3.05) is 5.75 Å². The first-order chi connectivity index (χ1) is 9.76. The van der Waals surface area contributed by atoms with Crippen molar-refractivity contribution in [1.82, 2.24) is 0 Å². The zero-order chi connectivity index (χ0) is 16.0. The fourth-order valence-electron chi connectivity index (χ4n) is 1.78. The molecule has 0 bridgehead atoms. The van der Waals surface area contributed by atoms with Crippen LogP contribution in [0.4, 0.5) is 4.39 Å². The average molecular weight is 311 g/mol. The Morgan fingerprint density at radius 2 is 2.10 bits per heavy atom. The van der Waals surface area contributed by atoms with Crippen LogP contribution in [0.25, 0.3) is 0 Å². The molecule has 0 aliphatic rings. The lowest BCUT2D eigenvalue weighted by Crippen LogP contribution is -2.08. The van der Waals surface area contributed by atoms with Crippen molar-refractivity contribution in [2.24, 2.45) is 5.41 Å². The molecule has 0 aliphatic carbocycles. The summed E-state index contributed by atoms with van der Waals surface area (Å²) in [7, 11) is -1.36. The Kier molecular flexibility index (Phi) is 6.03. The summed E-state index contributed by atoms with van der Waals surface area (Å²) in [6.07, 6.45) is 2.14. The van der Waals surface area contributed by atoms with Gasteiger partial charge in [0.2, 0.25) is 0 Å². The van der Waals surface area contributed by atoms with Gasteiger partial charge in [0, 0.05) is 10.6 Å². The summed E-state index contributed by atoms with van der Waals surface area (Å²) in [6, 6.07) is 5.69. The van der Waals surface area contributed by atoms with Gasteiger partial charge in [-0.05, 0) is 44.9 Å². The SMILES string of the molecule is CC(C)(C#N)CCCCS(=O)c1ccc(F)c(C(=O)O)c1. The smallest absolute Gasteiger partial charge is 0.338 e. The number of nitriles is 1. The number of aromatic carboxylic acids is 1. The van der Waals surface area contributed by atoms with Crippen LogP contribution in [0.3, 0.4) is 0 Å². The van der Waals surface area contributed by atoms with Crippen LogP contribution in [-0.4, -0.2) is 21.0 Å². The average Bonchev–Trinajstić information content (AvgIpc) is 2.43. The molecule has 1 aromatic rings. The number of rotatable bonds is 7. The van der Waals surface area contributed by atoms with Crippen molar-refractivity contribution >= 4 is 16.8 Å². The highest BCUT2D eigenvalue weighted by atomic mass is 32.2. The van der Waals surface area contributed by atoms with E-state index in [1.165, 1.54) is 6.07 Å². The normalized spacial score (nSPS) is 12.7.